The normalized spacial score (nSPS) is 20.7. The number of nitrogens with zero attached hydrogens (tertiary/aromatic N) is 3. The van der Waals surface area contributed by atoms with Crippen LogP contribution in [0.2, 0.25) is 0 Å². The molecular formula is C30H41N3O3. The molecule has 2 aliphatic heterocycles. The van der Waals surface area contributed by atoms with Crippen molar-refractivity contribution in [2.24, 2.45) is 11.8 Å². The zero-order valence-corrected chi connectivity index (χ0v) is 22.2. The summed E-state index contributed by atoms with van der Waals surface area (Å²) < 4.78 is 7.69. The van der Waals surface area contributed by atoms with Crippen LogP contribution in [0.15, 0.2) is 24.5 Å². The van der Waals surface area contributed by atoms with Crippen LogP contribution in [0.1, 0.15) is 94.7 Å². The lowest BCUT2D eigenvalue weighted by Crippen LogP contribution is -2.47. The first-order chi connectivity index (χ1) is 17.3. The fourth-order valence-electron chi connectivity index (χ4n) is 6.25. The summed E-state index contributed by atoms with van der Waals surface area (Å²) in [6.45, 7) is 5.91. The number of rotatable bonds is 5. The van der Waals surface area contributed by atoms with Gasteiger partial charge in [0.1, 0.15) is 5.60 Å². The van der Waals surface area contributed by atoms with Crippen LogP contribution in [-0.2, 0) is 35.2 Å². The number of ether oxygens (including phenoxy) is 1. The van der Waals surface area contributed by atoms with Gasteiger partial charge in [-0.25, -0.2) is 14.7 Å². The standard InChI is InChI=1S/C30H41N3O3/c1-30(2,3)36-29(35)32-17-7-10-24(28(32)34)19-25-27-16-14-23-18-22(12-11-21-8-5-4-6-9-21)13-15-26(23)33(27)20-31-25/h13,15,18,20-21,24H,4-12,14,16-17,19H2,1-3H3. The molecule has 3 aliphatic rings. The highest BCUT2D eigenvalue weighted by atomic mass is 16.6. The van der Waals surface area contributed by atoms with E-state index in [4.69, 9.17) is 9.72 Å². The molecule has 6 nitrogen and oxygen atoms in total. The first-order valence-corrected chi connectivity index (χ1v) is 14.0. The summed E-state index contributed by atoms with van der Waals surface area (Å²) >= 11 is 0. The Balaban J connectivity index is 1.26. The van der Waals surface area contributed by atoms with Gasteiger partial charge in [0.15, 0.2) is 0 Å². The maximum atomic E-state index is 13.1. The summed E-state index contributed by atoms with van der Waals surface area (Å²) in [7, 11) is 0. The second-order valence-corrected chi connectivity index (χ2v) is 12.0. The molecular weight excluding hydrogens is 450 g/mol. The predicted octanol–water partition coefficient (Wildman–Crippen LogP) is 6.20. The highest BCUT2D eigenvalue weighted by Gasteiger charge is 2.36. The minimum Gasteiger partial charge on any atom is -0.443 e. The van der Waals surface area contributed by atoms with E-state index in [1.165, 1.54) is 72.4 Å². The molecule has 36 heavy (non-hydrogen) atoms. The minimum absolute atomic E-state index is 0.129. The quantitative estimate of drug-likeness (QED) is 0.499. The van der Waals surface area contributed by atoms with Crippen molar-refractivity contribution >= 4 is 12.0 Å². The van der Waals surface area contributed by atoms with Gasteiger partial charge in [-0.15, -0.1) is 0 Å². The smallest absolute Gasteiger partial charge is 0.417 e. The zero-order chi connectivity index (χ0) is 25.3. The van der Waals surface area contributed by atoms with Gasteiger partial charge in [0.2, 0.25) is 5.91 Å². The number of fused-ring (bicyclic) bond motifs is 3. The number of benzene rings is 1. The van der Waals surface area contributed by atoms with Gasteiger partial charge in [0.05, 0.1) is 12.0 Å². The highest BCUT2D eigenvalue weighted by molar-refractivity contribution is 5.94. The molecule has 1 aromatic heterocycles. The van der Waals surface area contributed by atoms with Gasteiger partial charge < -0.3 is 9.30 Å². The molecule has 1 atom stereocenters. The molecule has 2 aromatic rings. The molecule has 1 unspecified atom stereocenters. The number of aromatic nitrogens is 2. The summed E-state index contributed by atoms with van der Waals surface area (Å²) in [4.78, 5) is 31.8. The molecule has 2 amide bonds. The maximum Gasteiger partial charge on any atom is 0.417 e. The molecule has 1 aromatic carbocycles. The fraction of sp³-hybridized carbons (Fsp3) is 0.633. The Morgan fingerprint density at radius 3 is 2.67 bits per heavy atom. The lowest BCUT2D eigenvalue weighted by atomic mass is 9.85. The van der Waals surface area contributed by atoms with E-state index >= 15 is 0 Å². The van der Waals surface area contributed by atoms with Crippen molar-refractivity contribution in [3.63, 3.8) is 0 Å². The van der Waals surface area contributed by atoms with Gasteiger partial charge in [-0.05, 0) is 82.4 Å². The van der Waals surface area contributed by atoms with Crippen LogP contribution < -0.4 is 0 Å². The molecule has 1 aliphatic carbocycles. The number of hydrogen-bond donors (Lipinski definition) is 0. The van der Waals surface area contributed by atoms with Crippen molar-refractivity contribution in [1.29, 1.82) is 0 Å². The number of imidazole rings is 1. The molecule has 0 spiro atoms. The summed E-state index contributed by atoms with van der Waals surface area (Å²) in [5.74, 6) is 0.553. The Hall–Kier alpha value is -2.63. The van der Waals surface area contributed by atoms with E-state index in [-0.39, 0.29) is 11.8 Å². The third-order valence-electron chi connectivity index (χ3n) is 8.16. The van der Waals surface area contributed by atoms with Crippen LogP contribution in [0, 0.1) is 11.8 Å². The number of aryl methyl sites for hydroxylation is 2. The van der Waals surface area contributed by atoms with Crippen LogP contribution in [0.3, 0.4) is 0 Å². The van der Waals surface area contributed by atoms with Crippen molar-refractivity contribution in [2.75, 3.05) is 6.54 Å². The molecule has 0 bridgehead atoms. The van der Waals surface area contributed by atoms with E-state index in [9.17, 15) is 9.59 Å². The first kappa shape index (κ1) is 25.0. The van der Waals surface area contributed by atoms with Gasteiger partial charge >= 0.3 is 6.09 Å². The van der Waals surface area contributed by atoms with E-state index in [2.05, 4.69) is 22.8 Å². The van der Waals surface area contributed by atoms with E-state index in [1.807, 2.05) is 27.1 Å². The van der Waals surface area contributed by atoms with Crippen molar-refractivity contribution in [1.82, 2.24) is 14.5 Å². The van der Waals surface area contributed by atoms with Crippen LogP contribution in [-0.4, -0.2) is 38.6 Å². The second-order valence-electron chi connectivity index (χ2n) is 12.0. The molecule has 194 valence electrons. The summed E-state index contributed by atoms with van der Waals surface area (Å²) in [5, 5.41) is 0. The van der Waals surface area contributed by atoms with Gasteiger partial charge in [0.25, 0.3) is 0 Å². The van der Waals surface area contributed by atoms with E-state index < -0.39 is 11.7 Å². The third kappa shape index (κ3) is 5.52. The third-order valence-corrected chi connectivity index (χ3v) is 8.16. The van der Waals surface area contributed by atoms with Gasteiger partial charge in [-0.2, -0.15) is 0 Å². The van der Waals surface area contributed by atoms with Gasteiger partial charge in [-0.3, -0.25) is 4.79 Å². The van der Waals surface area contributed by atoms with Crippen LogP contribution in [0.25, 0.3) is 5.69 Å². The molecule has 1 saturated carbocycles. The lowest BCUT2D eigenvalue weighted by Gasteiger charge is -2.32. The van der Waals surface area contributed by atoms with Crippen molar-refractivity contribution in [3.05, 3.63) is 47.0 Å². The van der Waals surface area contributed by atoms with Gasteiger partial charge in [0, 0.05) is 30.3 Å². The Morgan fingerprint density at radius 1 is 1.08 bits per heavy atom. The monoisotopic (exact) mass is 491 g/mol. The fourth-order valence-corrected chi connectivity index (χ4v) is 6.25. The summed E-state index contributed by atoms with van der Waals surface area (Å²) in [6.07, 6.45) is 15.0. The average Bonchev–Trinajstić information content (AvgIpc) is 3.26. The molecule has 5 rings (SSSR count). The first-order valence-electron chi connectivity index (χ1n) is 14.0. The predicted molar refractivity (Wildman–Crippen MR) is 140 cm³/mol. The Kier molecular flexibility index (Phi) is 7.23. The Morgan fingerprint density at radius 2 is 1.89 bits per heavy atom. The zero-order valence-electron chi connectivity index (χ0n) is 22.2. The molecule has 6 heteroatoms. The minimum atomic E-state index is -0.615. The van der Waals surface area contributed by atoms with Crippen LogP contribution in [0.4, 0.5) is 4.79 Å². The van der Waals surface area contributed by atoms with Crippen molar-refractivity contribution < 1.29 is 14.3 Å². The van der Waals surface area contributed by atoms with Crippen LogP contribution in [0.5, 0.6) is 0 Å². The lowest BCUT2D eigenvalue weighted by molar-refractivity contribution is -0.137. The summed E-state index contributed by atoms with van der Waals surface area (Å²) in [6, 6.07) is 6.96. The number of carbonyl (C=O) groups excluding carboxylic acids is 2. The number of carbonyl (C=O) groups is 2. The molecule has 1 saturated heterocycles. The average molecular weight is 492 g/mol. The molecule has 3 heterocycles. The van der Waals surface area contributed by atoms with Crippen molar-refractivity contribution in [2.45, 2.75) is 103 Å². The molecule has 0 N–H and O–H groups in total. The number of piperidine rings is 1. The van der Waals surface area contributed by atoms with E-state index in [0.717, 1.165) is 37.3 Å². The molecule has 2 fully saturated rings. The SMILES string of the molecule is CC(C)(C)OC(=O)N1CCCC(Cc2ncn3c2CCc2cc(CCC4CCCCC4)ccc2-3)C1=O. The van der Waals surface area contributed by atoms with E-state index in [0.29, 0.717) is 13.0 Å². The second kappa shape index (κ2) is 10.4. The number of hydrogen-bond acceptors (Lipinski definition) is 4. The summed E-state index contributed by atoms with van der Waals surface area (Å²) in [5.41, 5.74) is 5.67. The van der Waals surface area contributed by atoms with Crippen LogP contribution >= 0.6 is 0 Å². The number of likely N-dealkylation sites (tertiary alicyclic amines) is 1. The topological polar surface area (TPSA) is 64.4 Å². The van der Waals surface area contributed by atoms with Crippen molar-refractivity contribution in [3.8, 4) is 5.69 Å². The Bertz CT molecular complexity index is 1110. The largest absolute Gasteiger partial charge is 0.443 e. The number of amides is 2. The van der Waals surface area contributed by atoms with E-state index in [1.54, 1.807) is 0 Å². The maximum absolute atomic E-state index is 13.1. The number of imide groups is 1. The van der Waals surface area contributed by atoms with Gasteiger partial charge in [-0.1, -0.05) is 44.2 Å². The highest BCUT2D eigenvalue weighted by Crippen LogP contribution is 2.32. The Labute approximate surface area is 215 Å². The molecule has 0 radical (unpaired) electrons.